The molecular formula is C86H64BN3Si2. The molecule has 0 amide bonds. The summed E-state index contributed by atoms with van der Waals surface area (Å²) in [6.45, 7) is 4.42. The Kier molecular flexibility index (Phi) is 13.5. The van der Waals surface area contributed by atoms with Gasteiger partial charge in [-0.1, -0.05) is 303 Å². The predicted octanol–water partition coefficient (Wildman–Crippen LogP) is 13.9. The van der Waals surface area contributed by atoms with E-state index >= 15 is 0 Å². The average Bonchev–Trinajstić information content (AvgIpc) is 0.848. The van der Waals surface area contributed by atoms with Gasteiger partial charge < -0.3 is 14.4 Å². The van der Waals surface area contributed by atoms with Gasteiger partial charge in [-0.05, 0) is 143 Å². The summed E-state index contributed by atoms with van der Waals surface area (Å²) in [7, 11) is -6.05. The first-order valence-electron chi connectivity index (χ1n) is 32.1. The minimum absolute atomic E-state index is 0.142. The highest BCUT2D eigenvalue weighted by molar-refractivity contribution is 7.20. The Balaban J connectivity index is 1.01. The molecule has 14 aromatic carbocycles. The van der Waals surface area contributed by atoms with Crippen LogP contribution in [0.2, 0.25) is 0 Å². The normalized spacial score (nSPS) is 12.6. The lowest BCUT2D eigenvalue weighted by atomic mass is 9.33. The average molecular weight is 1210 g/mol. The molecule has 92 heavy (non-hydrogen) atoms. The Bertz CT molecular complexity index is 5000. The van der Waals surface area contributed by atoms with Crippen molar-refractivity contribution in [2.75, 3.05) is 9.80 Å². The van der Waals surface area contributed by atoms with Crippen LogP contribution in [0.1, 0.15) is 11.1 Å². The van der Waals surface area contributed by atoms with Crippen molar-refractivity contribution in [2.24, 2.45) is 0 Å². The van der Waals surface area contributed by atoms with E-state index in [0.29, 0.717) is 0 Å². The third-order valence-electron chi connectivity index (χ3n) is 19.9. The molecular weight excluding hydrogens is 1140 g/mol. The molecule has 2 aliphatic rings. The van der Waals surface area contributed by atoms with E-state index in [1.54, 1.807) is 0 Å². The van der Waals surface area contributed by atoms with Gasteiger partial charge in [-0.2, -0.15) is 0 Å². The Labute approximate surface area is 541 Å². The van der Waals surface area contributed by atoms with Crippen LogP contribution in [-0.4, -0.2) is 27.4 Å². The van der Waals surface area contributed by atoms with E-state index in [0.717, 1.165) is 34.0 Å². The van der Waals surface area contributed by atoms with Crippen LogP contribution in [0.25, 0.3) is 38.6 Å². The van der Waals surface area contributed by atoms with Crippen molar-refractivity contribution < 1.29 is 0 Å². The summed E-state index contributed by atoms with van der Waals surface area (Å²) in [5.41, 5.74) is 19.0. The molecule has 0 bridgehead atoms. The van der Waals surface area contributed by atoms with Crippen molar-refractivity contribution >= 4 is 137 Å². The van der Waals surface area contributed by atoms with Gasteiger partial charge in [0.2, 0.25) is 0 Å². The highest BCUT2D eigenvalue weighted by atomic mass is 28.3. The second kappa shape index (κ2) is 22.5. The standard InChI is InChI=1S/C86H64BN3Si2/c1-61-30-26-50-76-77-51-27-31-62(2)86(77)90(85(61)76)67-58-82-84-83(59-67)89(65-35-28-34-64(56-65)63-32-10-3-11-33-63)81-60-75(92(71-43-18-7-19-44-71,72-45-20-8-21-46-72)73-47-22-9-23-48-73)54-55-79(81)87(84)78-52-24-25-53-80(78)88(82)66-36-29-49-74(57-66)91(68-37-12-4-13-38-68,69-39-14-5-15-40-69)70-41-16-6-17-42-70/h3-60H,1-2H3. The number of para-hydroxylation sites is 3. The van der Waals surface area contributed by atoms with Crippen molar-refractivity contribution in [3.8, 4) is 16.8 Å². The first-order chi connectivity index (χ1) is 45.5. The molecule has 3 heterocycles. The van der Waals surface area contributed by atoms with Crippen LogP contribution < -0.4 is 67.7 Å². The number of hydrogen-bond acceptors (Lipinski definition) is 2. The number of nitrogens with zero attached hydrogens (tertiary/aromatic N) is 3. The van der Waals surface area contributed by atoms with E-state index < -0.39 is 16.1 Å². The number of fused-ring (bicyclic) bond motifs is 7. The summed E-state index contributed by atoms with van der Waals surface area (Å²) < 4.78 is 2.59. The lowest BCUT2D eigenvalue weighted by Crippen LogP contribution is -2.75. The molecule has 0 atom stereocenters. The lowest BCUT2D eigenvalue weighted by molar-refractivity contribution is 1.14. The van der Waals surface area contributed by atoms with Crippen LogP contribution in [-0.2, 0) is 0 Å². The van der Waals surface area contributed by atoms with Gasteiger partial charge in [0.1, 0.15) is 0 Å². The molecule has 0 spiro atoms. The molecule has 0 radical (unpaired) electrons. The van der Waals surface area contributed by atoms with Gasteiger partial charge >= 0.3 is 0 Å². The molecule has 0 unspecified atom stereocenters. The largest absolute Gasteiger partial charge is 0.311 e. The third kappa shape index (κ3) is 8.55. The van der Waals surface area contributed by atoms with Crippen LogP contribution in [0.15, 0.2) is 352 Å². The molecule has 2 aliphatic heterocycles. The van der Waals surface area contributed by atoms with E-state index in [9.17, 15) is 0 Å². The van der Waals surface area contributed by atoms with Gasteiger partial charge in [-0.15, -0.1) is 0 Å². The van der Waals surface area contributed by atoms with Gasteiger partial charge in [0.05, 0.1) is 16.7 Å². The van der Waals surface area contributed by atoms with Gasteiger partial charge in [0, 0.05) is 44.9 Å². The van der Waals surface area contributed by atoms with Crippen LogP contribution in [0, 0.1) is 13.8 Å². The molecule has 0 N–H and O–H groups in total. The van der Waals surface area contributed by atoms with Crippen molar-refractivity contribution in [3.05, 3.63) is 363 Å². The maximum atomic E-state index is 2.65. The summed E-state index contributed by atoms with van der Waals surface area (Å²) in [5.74, 6) is 0. The molecule has 0 saturated carbocycles. The second-order valence-electron chi connectivity index (χ2n) is 24.8. The highest BCUT2D eigenvalue weighted by Gasteiger charge is 2.48. The third-order valence-corrected chi connectivity index (χ3v) is 29.4. The van der Waals surface area contributed by atoms with Crippen LogP contribution in [0.4, 0.5) is 34.1 Å². The minimum Gasteiger partial charge on any atom is -0.311 e. The maximum Gasteiger partial charge on any atom is 0.252 e. The molecule has 1 aromatic heterocycles. The van der Waals surface area contributed by atoms with Crippen molar-refractivity contribution in [1.82, 2.24) is 4.57 Å². The first-order valence-corrected chi connectivity index (χ1v) is 36.1. The van der Waals surface area contributed by atoms with Gasteiger partial charge in [0.15, 0.2) is 16.1 Å². The highest BCUT2D eigenvalue weighted by Crippen LogP contribution is 2.47. The van der Waals surface area contributed by atoms with Crippen LogP contribution in [0.3, 0.4) is 0 Å². The molecule has 3 nitrogen and oxygen atoms in total. The van der Waals surface area contributed by atoms with Crippen molar-refractivity contribution in [1.29, 1.82) is 0 Å². The fourth-order valence-electron chi connectivity index (χ4n) is 16.0. The Morgan fingerprint density at radius 2 is 0.620 bits per heavy atom. The van der Waals surface area contributed by atoms with E-state index in [2.05, 4.69) is 380 Å². The van der Waals surface area contributed by atoms with E-state index in [-0.39, 0.29) is 6.71 Å². The zero-order valence-corrected chi connectivity index (χ0v) is 53.4. The number of rotatable bonds is 12. The van der Waals surface area contributed by atoms with Gasteiger partial charge in [-0.25, -0.2) is 0 Å². The smallest absolute Gasteiger partial charge is 0.252 e. The number of hydrogen-bond donors (Lipinski definition) is 0. The van der Waals surface area contributed by atoms with E-state index in [1.165, 1.54) is 108 Å². The molecule has 15 aromatic rings. The fraction of sp³-hybridized carbons (Fsp3) is 0.0233. The summed E-state index contributed by atoms with van der Waals surface area (Å²) in [4.78, 5) is 5.28. The molecule has 17 rings (SSSR count). The topological polar surface area (TPSA) is 11.4 Å². The molecule has 0 saturated heterocycles. The molecule has 434 valence electrons. The molecule has 0 aliphatic carbocycles. The zero-order valence-electron chi connectivity index (χ0n) is 51.4. The quantitative estimate of drug-likeness (QED) is 0.0892. The predicted molar refractivity (Wildman–Crippen MR) is 397 cm³/mol. The molecule has 6 heteroatoms. The van der Waals surface area contributed by atoms with Crippen LogP contribution >= 0.6 is 0 Å². The monoisotopic (exact) mass is 1210 g/mol. The maximum absolute atomic E-state index is 3.06. The summed E-state index contributed by atoms with van der Waals surface area (Å²) >= 11 is 0. The molecule has 0 fully saturated rings. The van der Waals surface area contributed by atoms with Gasteiger partial charge in [-0.3, -0.25) is 0 Å². The van der Waals surface area contributed by atoms with E-state index in [1.807, 2.05) is 0 Å². The summed E-state index contributed by atoms with van der Waals surface area (Å²) in [5, 5.41) is 13.2. The first kappa shape index (κ1) is 55.1. The second-order valence-corrected chi connectivity index (χ2v) is 32.4. The van der Waals surface area contributed by atoms with Crippen molar-refractivity contribution in [2.45, 2.75) is 13.8 Å². The number of anilines is 6. The fourth-order valence-corrected chi connectivity index (χ4v) is 25.6. The van der Waals surface area contributed by atoms with Gasteiger partial charge in [0.25, 0.3) is 6.71 Å². The number of benzene rings is 14. The Hall–Kier alpha value is -11.0. The van der Waals surface area contributed by atoms with E-state index in [4.69, 9.17) is 0 Å². The lowest BCUT2D eigenvalue weighted by Gasteiger charge is -2.45. The zero-order chi connectivity index (χ0) is 61.3. The Morgan fingerprint density at radius 3 is 1.11 bits per heavy atom. The SMILES string of the molecule is Cc1cccc2c3cccc(C)c3n(-c3cc4c5c(c3)N(c3cccc(-c6ccccc6)c3)c3cc([Si](c6ccccc6)(c6ccccc6)c6ccccc6)ccc3B5c3ccccc3N4c3cccc([Si](c4ccccc4)(c4ccccc4)c4ccccc4)c3)c12. The van der Waals surface area contributed by atoms with Crippen LogP contribution in [0.5, 0.6) is 0 Å². The number of aromatic nitrogens is 1. The summed E-state index contributed by atoms with van der Waals surface area (Å²) in [6.07, 6.45) is 0. The van der Waals surface area contributed by atoms with Crippen molar-refractivity contribution in [3.63, 3.8) is 0 Å². The Morgan fingerprint density at radius 1 is 0.250 bits per heavy atom. The number of aryl methyl sites for hydroxylation is 2. The summed E-state index contributed by atoms with van der Waals surface area (Å²) in [6, 6.07) is 134. The minimum atomic E-state index is -3.06.